The molecule has 0 aliphatic heterocycles. The molecule has 28 heavy (non-hydrogen) atoms. The Bertz CT molecular complexity index is 1220. The fourth-order valence-corrected chi connectivity index (χ4v) is 3.95. The number of hydrogen-bond acceptors (Lipinski definition) is 3. The molecule has 0 radical (unpaired) electrons. The Morgan fingerprint density at radius 2 is 1.54 bits per heavy atom. The van der Waals surface area contributed by atoms with Gasteiger partial charge in [-0.2, -0.15) is 0 Å². The first-order chi connectivity index (χ1) is 13.6. The van der Waals surface area contributed by atoms with Gasteiger partial charge >= 0.3 is 0 Å². The van der Waals surface area contributed by atoms with Gasteiger partial charge in [0.05, 0.1) is 11.4 Å². The van der Waals surface area contributed by atoms with Crippen LogP contribution in [0.1, 0.15) is 11.1 Å². The molecule has 5 rings (SSSR count). The van der Waals surface area contributed by atoms with E-state index in [1.165, 1.54) is 0 Å². The lowest BCUT2D eigenvalue weighted by molar-refractivity contribution is 0.474. The molecule has 0 spiro atoms. The average Bonchev–Trinajstić information content (AvgIpc) is 3.05. The summed E-state index contributed by atoms with van der Waals surface area (Å²) in [6.07, 6.45) is 0.713. The van der Waals surface area contributed by atoms with Crippen molar-refractivity contribution in [3.8, 4) is 45.1 Å². The number of benzene rings is 3. The molecule has 1 aliphatic rings. The van der Waals surface area contributed by atoms with Crippen molar-refractivity contribution in [2.75, 3.05) is 0 Å². The number of phenols is 2. The van der Waals surface area contributed by atoms with Crippen molar-refractivity contribution in [1.82, 2.24) is 4.98 Å². The van der Waals surface area contributed by atoms with Crippen molar-refractivity contribution in [3.05, 3.63) is 88.9 Å². The van der Waals surface area contributed by atoms with E-state index in [1.54, 1.807) is 24.3 Å². The number of nitrogens with zero attached hydrogens (tertiary/aromatic N) is 1. The molecule has 0 bridgehead atoms. The van der Waals surface area contributed by atoms with Gasteiger partial charge in [-0.05, 0) is 70.8 Å². The summed E-state index contributed by atoms with van der Waals surface area (Å²) in [5.41, 5.74) is 7.92. The van der Waals surface area contributed by atoms with Crippen LogP contribution in [0.15, 0.2) is 72.8 Å². The van der Waals surface area contributed by atoms with E-state index in [-0.39, 0.29) is 11.5 Å². The SMILES string of the molecule is Oc1cccc(-c2cc(-c3ccc(Cl)cc3)c3c(n2)-c2ccc(O)cc2C3)c1. The number of pyridine rings is 1. The molecule has 136 valence electrons. The Morgan fingerprint density at radius 1 is 0.750 bits per heavy atom. The van der Waals surface area contributed by atoms with Crippen LogP contribution in [0.3, 0.4) is 0 Å². The van der Waals surface area contributed by atoms with Crippen molar-refractivity contribution in [1.29, 1.82) is 0 Å². The normalized spacial score (nSPS) is 11.9. The van der Waals surface area contributed by atoms with Gasteiger partial charge in [-0.1, -0.05) is 35.9 Å². The first-order valence-electron chi connectivity index (χ1n) is 9.00. The van der Waals surface area contributed by atoms with Gasteiger partial charge in [0.1, 0.15) is 11.5 Å². The molecule has 3 nitrogen and oxygen atoms in total. The number of aromatic nitrogens is 1. The van der Waals surface area contributed by atoms with Gasteiger partial charge in [-0.25, -0.2) is 4.98 Å². The Kier molecular flexibility index (Phi) is 3.85. The molecule has 0 amide bonds. The summed E-state index contributed by atoms with van der Waals surface area (Å²) in [7, 11) is 0. The van der Waals surface area contributed by atoms with E-state index in [1.807, 2.05) is 42.5 Å². The zero-order valence-corrected chi connectivity index (χ0v) is 15.6. The number of fused-ring (bicyclic) bond motifs is 3. The van der Waals surface area contributed by atoms with E-state index in [2.05, 4.69) is 6.07 Å². The third-order valence-corrected chi connectivity index (χ3v) is 5.38. The number of aromatic hydroxyl groups is 2. The first kappa shape index (κ1) is 16.8. The van der Waals surface area contributed by atoms with E-state index < -0.39 is 0 Å². The smallest absolute Gasteiger partial charge is 0.116 e. The first-order valence-corrected chi connectivity index (χ1v) is 9.38. The molecule has 0 fully saturated rings. The summed E-state index contributed by atoms with van der Waals surface area (Å²) in [6, 6.07) is 22.4. The van der Waals surface area contributed by atoms with Crippen LogP contribution in [-0.4, -0.2) is 15.2 Å². The van der Waals surface area contributed by atoms with Gasteiger partial charge in [0, 0.05) is 22.6 Å². The molecule has 0 unspecified atom stereocenters. The van der Waals surface area contributed by atoms with Gasteiger partial charge in [-0.15, -0.1) is 0 Å². The maximum Gasteiger partial charge on any atom is 0.116 e. The summed E-state index contributed by atoms with van der Waals surface area (Å²) in [5, 5.41) is 20.5. The molecule has 0 saturated carbocycles. The summed E-state index contributed by atoms with van der Waals surface area (Å²) in [4.78, 5) is 4.92. The minimum absolute atomic E-state index is 0.207. The van der Waals surface area contributed by atoms with Crippen molar-refractivity contribution < 1.29 is 10.2 Å². The highest BCUT2D eigenvalue weighted by atomic mass is 35.5. The van der Waals surface area contributed by atoms with Crippen LogP contribution < -0.4 is 0 Å². The number of rotatable bonds is 2. The fourth-order valence-electron chi connectivity index (χ4n) is 3.82. The fraction of sp³-hybridized carbons (Fsp3) is 0.0417. The third kappa shape index (κ3) is 2.81. The van der Waals surface area contributed by atoms with Gasteiger partial charge in [0.2, 0.25) is 0 Å². The van der Waals surface area contributed by atoms with E-state index in [0.29, 0.717) is 11.4 Å². The lowest BCUT2D eigenvalue weighted by atomic mass is 9.96. The lowest BCUT2D eigenvalue weighted by Gasteiger charge is -2.12. The van der Waals surface area contributed by atoms with E-state index in [4.69, 9.17) is 16.6 Å². The average molecular weight is 386 g/mol. The number of hydrogen-bond donors (Lipinski definition) is 2. The summed E-state index contributed by atoms with van der Waals surface area (Å²) in [5.74, 6) is 0.464. The molecular weight excluding hydrogens is 370 g/mol. The molecule has 4 aromatic rings. The zero-order valence-electron chi connectivity index (χ0n) is 14.9. The molecule has 0 saturated heterocycles. The summed E-state index contributed by atoms with van der Waals surface area (Å²) >= 11 is 6.08. The Morgan fingerprint density at radius 3 is 2.32 bits per heavy atom. The molecule has 0 atom stereocenters. The minimum atomic E-state index is 0.207. The summed E-state index contributed by atoms with van der Waals surface area (Å²) < 4.78 is 0. The van der Waals surface area contributed by atoms with Crippen LogP contribution in [-0.2, 0) is 6.42 Å². The second-order valence-corrected chi connectivity index (χ2v) is 7.39. The van der Waals surface area contributed by atoms with Gasteiger partial charge in [-0.3, -0.25) is 0 Å². The second kappa shape index (κ2) is 6.39. The highest BCUT2D eigenvalue weighted by Crippen LogP contribution is 2.43. The van der Waals surface area contributed by atoms with Crippen LogP contribution in [0.25, 0.3) is 33.6 Å². The standard InChI is InChI=1S/C24H16ClNO2/c25-17-6-4-14(5-7-17)21-13-23(15-2-1-3-18(27)10-15)26-24-20-9-8-19(28)11-16(20)12-22(21)24/h1-11,13,27-28H,12H2. The zero-order chi connectivity index (χ0) is 19.3. The van der Waals surface area contributed by atoms with Crippen molar-refractivity contribution in [3.63, 3.8) is 0 Å². The number of halogens is 1. The molecule has 4 heteroatoms. The Hall–Kier alpha value is -3.30. The van der Waals surface area contributed by atoms with Crippen molar-refractivity contribution in [2.24, 2.45) is 0 Å². The lowest BCUT2D eigenvalue weighted by Crippen LogP contribution is -1.94. The maximum absolute atomic E-state index is 9.90. The van der Waals surface area contributed by atoms with Crippen LogP contribution >= 0.6 is 11.6 Å². The Labute approximate surface area is 167 Å². The second-order valence-electron chi connectivity index (χ2n) is 6.96. The quantitative estimate of drug-likeness (QED) is 0.389. The predicted octanol–water partition coefficient (Wildman–Crippen LogP) is 6.05. The Balaban J connectivity index is 1.77. The molecule has 2 N–H and O–H groups in total. The van der Waals surface area contributed by atoms with Crippen LogP contribution in [0.4, 0.5) is 0 Å². The third-order valence-electron chi connectivity index (χ3n) is 5.13. The van der Waals surface area contributed by atoms with Gasteiger partial charge in [0.25, 0.3) is 0 Å². The van der Waals surface area contributed by atoms with E-state index in [9.17, 15) is 10.2 Å². The molecule has 1 heterocycles. The monoisotopic (exact) mass is 385 g/mol. The van der Waals surface area contributed by atoms with E-state index >= 15 is 0 Å². The van der Waals surface area contributed by atoms with Crippen LogP contribution in [0.2, 0.25) is 5.02 Å². The summed E-state index contributed by atoms with van der Waals surface area (Å²) in [6.45, 7) is 0. The number of phenolic OH excluding ortho intramolecular Hbond substituents is 2. The minimum Gasteiger partial charge on any atom is -0.508 e. The predicted molar refractivity (Wildman–Crippen MR) is 112 cm³/mol. The molecule has 1 aliphatic carbocycles. The highest BCUT2D eigenvalue weighted by Gasteiger charge is 2.25. The largest absolute Gasteiger partial charge is 0.508 e. The molecular formula is C24H16ClNO2. The van der Waals surface area contributed by atoms with Crippen molar-refractivity contribution >= 4 is 11.6 Å². The van der Waals surface area contributed by atoms with Crippen molar-refractivity contribution in [2.45, 2.75) is 6.42 Å². The van der Waals surface area contributed by atoms with Crippen LogP contribution in [0, 0.1) is 0 Å². The topological polar surface area (TPSA) is 53.4 Å². The maximum atomic E-state index is 9.90. The van der Waals surface area contributed by atoms with Gasteiger partial charge < -0.3 is 10.2 Å². The molecule has 3 aromatic carbocycles. The van der Waals surface area contributed by atoms with Crippen LogP contribution in [0.5, 0.6) is 11.5 Å². The highest BCUT2D eigenvalue weighted by molar-refractivity contribution is 6.30. The van der Waals surface area contributed by atoms with Gasteiger partial charge in [0.15, 0.2) is 0 Å². The molecule has 1 aromatic heterocycles. The van der Waals surface area contributed by atoms with E-state index in [0.717, 1.165) is 44.8 Å².